The van der Waals surface area contributed by atoms with Crippen molar-refractivity contribution in [1.29, 1.82) is 0 Å². The molecule has 0 atom stereocenters. The average molecular weight is 180 g/mol. The SMILES string of the molecule is [N-]=[N+]=C1C=Cc2ccc3c(c21)CC=C3. The molecule has 0 bridgehead atoms. The molecular formula is C12H8N2. The Balaban J connectivity index is 2.37. The highest BCUT2D eigenvalue weighted by Crippen LogP contribution is 2.30. The van der Waals surface area contributed by atoms with Crippen LogP contribution in [0.1, 0.15) is 22.3 Å². The molecule has 2 heteroatoms. The molecule has 0 saturated heterocycles. The first-order chi connectivity index (χ1) is 6.90. The smallest absolute Gasteiger partial charge is 0.323 e. The average Bonchev–Trinajstić information content (AvgIpc) is 2.82. The van der Waals surface area contributed by atoms with Crippen LogP contribution >= 0.6 is 0 Å². The summed E-state index contributed by atoms with van der Waals surface area (Å²) in [5.74, 6) is 0. The van der Waals surface area contributed by atoms with Gasteiger partial charge in [-0.15, -0.1) is 0 Å². The van der Waals surface area contributed by atoms with E-state index in [2.05, 4.69) is 29.1 Å². The topological polar surface area (TPSA) is 36.4 Å². The Morgan fingerprint density at radius 1 is 1.07 bits per heavy atom. The molecule has 0 aromatic heterocycles. The first-order valence-corrected chi connectivity index (χ1v) is 4.63. The van der Waals surface area contributed by atoms with E-state index in [-0.39, 0.29) is 0 Å². The highest BCUT2D eigenvalue weighted by atomic mass is 14.9. The minimum absolute atomic E-state index is 0.681. The van der Waals surface area contributed by atoms with Gasteiger partial charge in [0.1, 0.15) is 0 Å². The Morgan fingerprint density at radius 2 is 1.93 bits per heavy atom. The van der Waals surface area contributed by atoms with Crippen LogP contribution in [0.4, 0.5) is 0 Å². The quantitative estimate of drug-likeness (QED) is 0.434. The van der Waals surface area contributed by atoms with Crippen molar-refractivity contribution in [3.05, 3.63) is 52.1 Å². The maximum absolute atomic E-state index is 8.86. The molecule has 1 aromatic carbocycles. The van der Waals surface area contributed by atoms with Crippen molar-refractivity contribution in [3.63, 3.8) is 0 Å². The zero-order valence-corrected chi connectivity index (χ0v) is 7.57. The predicted octanol–water partition coefficient (Wildman–Crippen LogP) is 2.30. The van der Waals surface area contributed by atoms with Crippen LogP contribution in [-0.2, 0) is 6.42 Å². The summed E-state index contributed by atoms with van der Waals surface area (Å²) < 4.78 is 0. The van der Waals surface area contributed by atoms with E-state index in [1.807, 2.05) is 12.2 Å². The van der Waals surface area contributed by atoms with Crippen molar-refractivity contribution >= 4 is 17.9 Å². The highest BCUT2D eigenvalue weighted by Gasteiger charge is 2.24. The Labute approximate surface area is 81.8 Å². The fraction of sp³-hybridized carbons (Fsp3) is 0.0833. The minimum atomic E-state index is 0.681. The Morgan fingerprint density at radius 3 is 2.79 bits per heavy atom. The van der Waals surface area contributed by atoms with Crippen molar-refractivity contribution < 1.29 is 4.79 Å². The maximum atomic E-state index is 8.86. The number of allylic oxidation sites excluding steroid dienone is 2. The lowest BCUT2D eigenvalue weighted by atomic mass is 9.98. The molecule has 0 aliphatic heterocycles. The van der Waals surface area contributed by atoms with E-state index < -0.39 is 0 Å². The van der Waals surface area contributed by atoms with Gasteiger partial charge in [-0.05, 0) is 29.2 Å². The number of hydrogen-bond acceptors (Lipinski definition) is 0. The van der Waals surface area contributed by atoms with Crippen molar-refractivity contribution in [2.45, 2.75) is 6.42 Å². The highest BCUT2D eigenvalue weighted by molar-refractivity contribution is 6.15. The van der Waals surface area contributed by atoms with Crippen LogP contribution < -0.4 is 0 Å². The van der Waals surface area contributed by atoms with Gasteiger partial charge in [-0.2, -0.15) is 4.79 Å². The van der Waals surface area contributed by atoms with Crippen molar-refractivity contribution in [2.75, 3.05) is 0 Å². The number of fused-ring (bicyclic) bond motifs is 3. The molecular weight excluding hydrogens is 172 g/mol. The molecule has 14 heavy (non-hydrogen) atoms. The largest absolute Gasteiger partial charge is 0.361 e. The van der Waals surface area contributed by atoms with Crippen LogP contribution in [0.3, 0.4) is 0 Å². The second-order valence-corrected chi connectivity index (χ2v) is 3.52. The molecule has 0 radical (unpaired) electrons. The molecule has 0 unspecified atom stereocenters. The number of hydrogen-bond donors (Lipinski definition) is 0. The van der Waals surface area contributed by atoms with E-state index in [9.17, 15) is 0 Å². The molecule has 3 rings (SSSR count). The fourth-order valence-electron chi connectivity index (χ4n) is 2.14. The molecule has 66 valence electrons. The number of benzene rings is 1. The van der Waals surface area contributed by atoms with Gasteiger partial charge in [0, 0.05) is 6.08 Å². The summed E-state index contributed by atoms with van der Waals surface area (Å²) in [6, 6.07) is 4.18. The molecule has 0 amide bonds. The lowest BCUT2D eigenvalue weighted by molar-refractivity contribution is -0.00193. The monoisotopic (exact) mass is 180 g/mol. The summed E-state index contributed by atoms with van der Waals surface area (Å²) in [6.45, 7) is 0. The molecule has 2 aliphatic carbocycles. The molecule has 0 spiro atoms. The van der Waals surface area contributed by atoms with Gasteiger partial charge in [-0.3, -0.25) is 0 Å². The summed E-state index contributed by atoms with van der Waals surface area (Å²) in [4.78, 5) is 3.31. The van der Waals surface area contributed by atoms with Crippen LogP contribution in [0.25, 0.3) is 17.7 Å². The predicted molar refractivity (Wildman–Crippen MR) is 55.9 cm³/mol. The molecule has 0 heterocycles. The zero-order chi connectivity index (χ0) is 9.54. The first-order valence-electron chi connectivity index (χ1n) is 4.63. The third-order valence-corrected chi connectivity index (χ3v) is 2.79. The molecule has 0 fully saturated rings. The van der Waals surface area contributed by atoms with E-state index in [4.69, 9.17) is 5.53 Å². The van der Waals surface area contributed by atoms with Crippen LogP contribution in [0.2, 0.25) is 0 Å². The van der Waals surface area contributed by atoms with Gasteiger partial charge in [0.25, 0.3) is 0 Å². The normalized spacial score (nSPS) is 15.6. The van der Waals surface area contributed by atoms with Gasteiger partial charge < -0.3 is 5.53 Å². The molecule has 0 N–H and O–H groups in total. The molecule has 1 aromatic rings. The van der Waals surface area contributed by atoms with E-state index in [0.717, 1.165) is 17.5 Å². The third-order valence-electron chi connectivity index (χ3n) is 2.79. The molecule has 0 saturated carbocycles. The summed E-state index contributed by atoms with van der Waals surface area (Å²) in [5.41, 5.74) is 14.3. The lowest BCUT2D eigenvalue weighted by Crippen LogP contribution is -2.01. The van der Waals surface area contributed by atoms with E-state index in [1.165, 1.54) is 11.1 Å². The maximum Gasteiger partial charge on any atom is 0.323 e. The van der Waals surface area contributed by atoms with Crippen molar-refractivity contribution in [3.8, 4) is 0 Å². The van der Waals surface area contributed by atoms with Gasteiger partial charge in [0.05, 0.1) is 5.56 Å². The minimum Gasteiger partial charge on any atom is -0.361 e. The van der Waals surface area contributed by atoms with Gasteiger partial charge in [-0.25, -0.2) is 0 Å². The van der Waals surface area contributed by atoms with Gasteiger partial charge in [-0.1, -0.05) is 24.3 Å². The summed E-state index contributed by atoms with van der Waals surface area (Å²) in [6.07, 6.45) is 9.03. The second-order valence-electron chi connectivity index (χ2n) is 3.52. The molecule has 2 nitrogen and oxygen atoms in total. The lowest BCUT2D eigenvalue weighted by Gasteiger charge is -2.03. The number of rotatable bonds is 0. The standard InChI is InChI=1S/C12H8N2/c13-14-11-7-6-9-5-4-8-2-1-3-10(8)12(9)11/h1-2,4-7H,3H2. The molecule has 2 aliphatic rings. The van der Waals surface area contributed by atoms with Crippen LogP contribution in [0.5, 0.6) is 0 Å². The fourth-order valence-corrected chi connectivity index (χ4v) is 2.14. The Hall–Kier alpha value is -1.92. The third kappa shape index (κ3) is 0.808. The van der Waals surface area contributed by atoms with E-state index >= 15 is 0 Å². The second kappa shape index (κ2) is 2.53. The number of nitrogens with zero attached hydrogens (tertiary/aromatic N) is 2. The summed E-state index contributed by atoms with van der Waals surface area (Å²) in [5, 5.41) is 0. The van der Waals surface area contributed by atoms with Crippen molar-refractivity contribution in [2.24, 2.45) is 0 Å². The van der Waals surface area contributed by atoms with Crippen LogP contribution in [0.15, 0.2) is 24.3 Å². The Kier molecular flexibility index (Phi) is 1.35. The van der Waals surface area contributed by atoms with Crippen LogP contribution in [-0.4, -0.2) is 10.5 Å². The van der Waals surface area contributed by atoms with Gasteiger partial charge in [0.15, 0.2) is 0 Å². The van der Waals surface area contributed by atoms with E-state index in [1.54, 1.807) is 0 Å². The van der Waals surface area contributed by atoms with Crippen LogP contribution in [0, 0.1) is 0 Å². The summed E-state index contributed by atoms with van der Waals surface area (Å²) in [7, 11) is 0. The van der Waals surface area contributed by atoms with Gasteiger partial charge >= 0.3 is 5.71 Å². The summed E-state index contributed by atoms with van der Waals surface area (Å²) >= 11 is 0. The van der Waals surface area contributed by atoms with E-state index in [0.29, 0.717) is 5.71 Å². The first kappa shape index (κ1) is 7.48. The van der Waals surface area contributed by atoms with Gasteiger partial charge in [0.2, 0.25) is 0 Å². The zero-order valence-electron chi connectivity index (χ0n) is 7.57. The Bertz CT molecular complexity index is 529. The van der Waals surface area contributed by atoms with Crippen molar-refractivity contribution in [1.82, 2.24) is 0 Å².